The van der Waals surface area contributed by atoms with Gasteiger partial charge in [0.2, 0.25) is 0 Å². The number of hydrogen-bond acceptors (Lipinski definition) is 1. The van der Waals surface area contributed by atoms with Crippen LogP contribution in [0.1, 0.15) is 5.48 Å². The Morgan fingerprint density at radius 3 is 1.53 bits per heavy atom. The SMILES string of the molecule is [2H]c1c([2H])c(N(c2cccc3ccccc23)c2cc3ccccc3c3ccccc23)c([2H])c([2H])c1-c1cc2ccccc2c2ccccc12. The Balaban J connectivity index is 1.40. The van der Waals surface area contributed by atoms with Crippen molar-refractivity contribution in [2.75, 3.05) is 4.90 Å². The molecular weight excluding hydrogens is 542 g/mol. The van der Waals surface area contributed by atoms with Gasteiger partial charge in [0.25, 0.3) is 0 Å². The van der Waals surface area contributed by atoms with E-state index >= 15 is 0 Å². The Bertz CT molecular complexity index is 2750. The van der Waals surface area contributed by atoms with E-state index in [1.54, 1.807) is 0 Å². The minimum Gasteiger partial charge on any atom is -0.309 e. The fourth-order valence-corrected chi connectivity index (χ4v) is 6.81. The van der Waals surface area contributed by atoms with Gasteiger partial charge in [-0.05, 0) is 84.5 Å². The first-order valence-corrected chi connectivity index (χ1v) is 15.2. The predicted octanol–water partition coefficient (Wildman–Crippen LogP) is 12.6. The van der Waals surface area contributed by atoms with Crippen molar-refractivity contribution in [2.45, 2.75) is 0 Å². The Morgan fingerprint density at radius 2 is 0.844 bits per heavy atom. The molecule has 9 aromatic rings. The summed E-state index contributed by atoms with van der Waals surface area (Å²) in [5.41, 5.74) is 2.76. The van der Waals surface area contributed by atoms with Crippen LogP contribution in [0.2, 0.25) is 0 Å². The lowest BCUT2D eigenvalue weighted by Gasteiger charge is -2.29. The fraction of sp³-hybridized carbons (Fsp3) is 0. The third kappa shape index (κ3) is 4.17. The van der Waals surface area contributed by atoms with E-state index in [1.807, 2.05) is 102 Å². The van der Waals surface area contributed by atoms with Crippen LogP contribution in [0.3, 0.4) is 0 Å². The van der Waals surface area contributed by atoms with Gasteiger partial charge >= 0.3 is 0 Å². The Hall–Kier alpha value is -5.92. The van der Waals surface area contributed by atoms with E-state index in [0.717, 1.165) is 65.2 Å². The van der Waals surface area contributed by atoms with Crippen molar-refractivity contribution in [2.24, 2.45) is 0 Å². The third-order valence-corrected chi connectivity index (χ3v) is 8.87. The molecule has 0 amide bonds. The highest BCUT2D eigenvalue weighted by molar-refractivity contribution is 6.16. The molecule has 0 bridgehead atoms. The van der Waals surface area contributed by atoms with Crippen LogP contribution in [0.5, 0.6) is 0 Å². The second-order valence-electron chi connectivity index (χ2n) is 11.4. The van der Waals surface area contributed by atoms with Crippen molar-refractivity contribution in [3.05, 3.63) is 176 Å². The molecule has 0 fully saturated rings. The Kier molecular flexibility index (Phi) is 5.00. The molecule has 210 valence electrons. The van der Waals surface area contributed by atoms with Gasteiger partial charge in [0, 0.05) is 16.5 Å². The molecule has 0 spiro atoms. The molecule has 45 heavy (non-hydrogen) atoms. The summed E-state index contributed by atoms with van der Waals surface area (Å²) in [7, 11) is 0. The first-order chi connectivity index (χ1) is 24.0. The van der Waals surface area contributed by atoms with Crippen molar-refractivity contribution in [1.29, 1.82) is 0 Å². The zero-order valence-electron chi connectivity index (χ0n) is 28.4. The van der Waals surface area contributed by atoms with Crippen molar-refractivity contribution >= 4 is 70.9 Å². The van der Waals surface area contributed by atoms with Gasteiger partial charge in [-0.25, -0.2) is 0 Å². The van der Waals surface area contributed by atoms with Crippen LogP contribution < -0.4 is 4.90 Å². The summed E-state index contributed by atoms with van der Waals surface area (Å²) in [6, 6.07) is 50.5. The van der Waals surface area contributed by atoms with Gasteiger partial charge < -0.3 is 4.90 Å². The van der Waals surface area contributed by atoms with Crippen molar-refractivity contribution in [3.63, 3.8) is 0 Å². The van der Waals surface area contributed by atoms with E-state index in [4.69, 9.17) is 0 Å². The van der Waals surface area contributed by atoms with Gasteiger partial charge in [-0.15, -0.1) is 0 Å². The lowest BCUT2D eigenvalue weighted by molar-refractivity contribution is 1.32. The Labute approximate surface area is 267 Å². The Morgan fingerprint density at radius 1 is 0.356 bits per heavy atom. The summed E-state index contributed by atoms with van der Waals surface area (Å²) in [5.74, 6) is 0. The van der Waals surface area contributed by atoms with Crippen LogP contribution in [0.4, 0.5) is 17.1 Å². The molecular formula is C44H29N. The van der Waals surface area contributed by atoms with Crippen LogP contribution in [0.25, 0.3) is 65.0 Å². The van der Waals surface area contributed by atoms with E-state index < -0.39 is 0 Å². The molecule has 0 radical (unpaired) electrons. The van der Waals surface area contributed by atoms with Gasteiger partial charge in [-0.1, -0.05) is 146 Å². The zero-order chi connectivity index (χ0) is 33.2. The average Bonchev–Trinajstić information content (AvgIpc) is 3.15. The van der Waals surface area contributed by atoms with E-state index in [0.29, 0.717) is 11.1 Å². The number of nitrogens with zero attached hydrogens (tertiary/aromatic N) is 1. The molecule has 0 aliphatic carbocycles. The molecule has 0 unspecified atom stereocenters. The van der Waals surface area contributed by atoms with Gasteiger partial charge in [-0.2, -0.15) is 0 Å². The quantitative estimate of drug-likeness (QED) is 0.189. The molecule has 9 rings (SSSR count). The maximum Gasteiger partial charge on any atom is 0.0645 e. The summed E-state index contributed by atoms with van der Waals surface area (Å²) in [4.78, 5) is 1.94. The smallest absolute Gasteiger partial charge is 0.0645 e. The second kappa shape index (κ2) is 10.4. The first kappa shape index (κ1) is 21.7. The van der Waals surface area contributed by atoms with E-state index in [9.17, 15) is 5.48 Å². The van der Waals surface area contributed by atoms with Crippen molar-refractivity contribution in [3.8, 4) is 11.1 Å². The number of hydrogen-bond donors (Lipinski definition) is 0. The van der Waals surface area contributed by atoms with Crippen LogP contribution in [-0.2, 0) is 0 Å². The number of rotatable bonds is 4. The molecule has 0 aliphatic heterocycles. The maximum atomic E-state index is 9.67. The molecule has 0 N–H and O–H groups in total. The van der Waals surface area contributed by atoms with Crippen LogP contribution in [0.15, 0.2) is 176 Å². The fourth-order valence-electron chi connectivity index (χ4n) is 6.81. The van der Waals surface area contributed by atoms with Crippen LogP contribution in [0, 0.1) is 0 Å². The zero-order valence-corrected chi connectivity index (χ0v) is 24.4. The highest BCUT2D eigenvalue weighted by atomic mass is 15.1. The maximum absolute atomic E-state index is 9.67. The average molecular weight is 576 g/mol. The summed E-state index contributed by atoms with van der Waals surface area (Å²) >= 11 is 0. The van der Waals surface area contributed by atoms with E-state index in [-0.39, 0.29) is 29.9 Å². The number of fused-ring (bicyclic) bond motifs is 7. The van der Waals surface area contributed by atoms with Gasteiger partial charge in [0.05, 0.1) is 16.9 Å². The van der Waals surface area contributed by atoms with Crippen molar-refractivity contribution in [1.82, 2.24) is 0 Å². The molecule has 0 saturated carbocycles. The molecule has 0 heterocycles. The van der Waals surface area contributed by atoms with E-state index in [1.165, 1.54) is 0 Å². The van der Waals surface area contributed by atoms with Gasteiger partial charge in [0.1, 0.15) is 0 Å². The summed E-state index contributed by atoms with van der Waals surface area (Å²) in [5, 5.41) is 10.1. The van der Waals surface area contributed by atoms with E-state index in [2.05, 4.69) is 54.6 Å². The normalized spacial score (nSPS) is 12.8. The van der Waals surface area contributed by atoms with Crippen LogP contribution in [-0.4, -0.2) is 0 Å². The molecule has 9 aromatic carbocycles. The minimum absolute atomic E-state index is 0.0771. The minimum atomic E-state index is -0.0987. The lowest BCUT2D eigenvalue weighted by Crippen LogP contribution is -2.11. The highest BCUT2D eigenvalue weighted by Crippen LogP contribution is 2.45. The monoisotopic (exact) mass is 575 g/mol. The second-order valence-corrected chi connectivity index (χ2v) is 11.4. The van der Waals surface area contributed by atoms with Crippen molar-refractivity contribution < 1.29 is 5.48 Å². The lowest BCUT2D eigenvalue weighted by atomic mass is 9.93. The first-order valence-electron chi connectivity index (χ1n) is 17.2. The number of benzene rings is 9. The summed E-state index contributed by atoms with van der Waals surface area (Å²) in [6.07, 6.45) is 0. The highest BCUT2D eigenvalue weighted by Gasteiger charge is 2.19. The number of anilines is 3. The standard InChI is InChI=1S/C44H29N/c1-6-18-37-30(12-1)15-11-23-43(37)45(44-29-33-14-3-5-17-36(33)39-20-9-10-22-41(39)44)34-26-24-31(25-27-34)42-28-32-13-2-4-16-35(32)38-19-7-8-21-40(38)42/h1-29H/i24D,25D,26D,27D. The summed E-state index contributed by atoms with van der Waals surface area (Å²) < 4.78 is 38.4. The predicted molar refractivity (Wildman–Crippen MR) is 194 cm³/mol. The summed E-state index contributed by atoms with van der Waals surface area (Å²) in [6.45, 7) is 0. The van der Waals surface area contributed by atoms with Gasteiger partial charge in [-0.3, -0.25) is 0 Å². The third-order valence-electron chi connectivity index (χ3n) is 8.87. The molecule has 0 atom stereocenters. The van der Waals surface area contributed by atoms with Crippen LogP contribution >= 0.6 is 0 Å². The molecule has 0 saturated heterocycles. The molecule has 0 aromatic heterocycles. The van der Waals surface area contributed by atoms with Gasteiger partial charge in [0.15, 0.2) is 0 Å². The largest absolute Gasteiger partial charge is 0.309 e. The molecule has 1 nitrogen and oxygen atoms in total. The molecule has 1 heteroatoms. The topological polar surface area (TPSA) is 3.24 Å². The molecule has 0 aliphatic rings.